The Labute approximate surface area is 117 Å². The van der Waals surface area contributed by atoms with E-state index >= 15 is 0 Å². The number of methoxy groups -OCH3 is 1. The van der Waals surface area contributed by atoms with Gasteiger partial charge in [-0.1, -0.05) is 30.4 Å². The number of carbonyl (C=O) groups is 2. The summed E-state index contributed by atoms with van der Waals surface area (Å²) >= 11 is 0. The zero-order valence-electron chi connectivity index (χ0n) is 11.3. The smallest absolute Gasteiger partial charge is 0.299 e. The molecule has 0 radical (unpaired) electrons. The molecule has 0 fully saturated rings. The zero-order valence-corrected chi connectivity index (χ0v) is 11.3. The maximum absolute atomic E-state index is 12.1. The molecule has 20 heavy (non-hydrogen) atoms. The molecule has 0 saturated carbocycles. The maximum Gasteiger partial charge on any atom is 0.299 e. The topological polar surface area (TPSA) is 46.6 Å². The first-order valence-corrected chi connectivity index (χ1v) is 6.60. The molecule has 102 valence electrons. The fraction of sp³-hybridized carbons (Fsp3) is 0.250. The predicted octanol–water partition coefficient (Wildman–Crippen LogP) is 2.21. The molecule has 0 saturated heterocycles. The highest BCUT2D eigenvalue weighted by Crippen LogP contribution is 2.32. The molecule has 0 spiro atoms. The molecule has 0 aromatic heterocycles. The molecule has 2 aliphatic rings. The minimum Gasteiger partial charge on any atom is -0.496 e. The van der Waals surface area contributed by atoms with Gasteiger partial charge in [0.05, 0.1) is 13.7 Å². The third-order valence-corrected chi connectivity index (χ3v) is 3.67. The van der Waals surface area contributed by atoms with Gasteiger partial charge in [-0.25, -0.2) is 0 Å². The van der Waals surface area contributed by atoms with Crippen LogP contribution in [-0.2, 0) is 16.1 Å². The molecule has 0 atom stereocenters. The van der Waals surface area contributed by atoms with Crippen LogP contribution in [0.25, 0.3) is 0 Å². The van der Waals surface area contributed by atoms with Crippen molar-refractivity contribution in [2.75, 3.05) is 7.11 Å². The van der Waals surface area contributed by atoms with Crippen LogP contribution < -0.4 is 4.74 Å². The number of rotatable bonds is 3. The van der Waals surface area contributed by atoms with Crippen molar-refractivity contribution in [3.05, 3.63) is 53.3 Å². The first kappa shape index (κ1) is 12.7. The second kappa shape index (κ2) is 4.96. The average molecular weight is 269 g/mol. The SMILES string of the molecule is COc1ccccc1CN1C(=O)C(=O)C2=C1CCC=C2. The quantitative estimate of drug-likeness (QED) is 0.790. The van der Waals surface area contributed by atoms with E-state index in [0.29, 0.717) is 12.1 Å². The van der Waals surface area contributed by atoms with Crippen molar-refractivity contribution < 1.29 is 14.3 Å². The molecule has 1 heterocycles. The number of ketones is 1. The number of hydrogen-bond donors (Lipinski definition) is 0. The van der Waals surface area contributed by atoms with Gasteiger partial charge in [0.1, 0.15) is 5.75 Å². The highest BCUT2D eigenvalue weighted by molar-refractivity contribution is 6.46. The number of benzene rings is 1. The highest BCUT2D eigenvalue weighted by Gasteiger charge is 2.37. The van der Waals surface area contributed by atoms with Crippen molar-refractivity contribution in [1.82, 2.24) is 4.90 Å². The molecule has 0 bridgehead atoms. The second-order valence-corrected chi connectivity index (χ2v) is 4.83. The lowest BCUT2D eigenvalue weighted by Crippen LogP contribution is -2.28. The number of nitrogens with zero attached hydrogens (tertiary/aromatic N) is 1. The third kappa shape index (κ3) is 1.93. The van der Waals surface area contributed by atoms with Gasteiger partial charge >= 0.3 is 0 Å². The van der Waals surface area contributed by atoms with Gasteiger partial charge in [-0.3, -0.25) is 9.59 Å². The molecule has 4 heteroatoms. The number of para-hydroxylation sites is 1. The Morgan fingerprint density at radius 1 is 1.25 bits per heavy atom. The fourth-order valence-electron chi connectivity index (χ4n) is 2.67. The van der Waals surface area contributed by atoms with Crippen LogP contribution in [0.4, 0.5) is 0 Å². The van der Waals surface area contributed by atoms with E-state index < -0.39 is 11.7 Å². The van der Waals surface area contributed by atoms with Gasteiger partial charge in [-0.15, -0.1) is 0 Å². The standard InChI is InChI=1S/C16H15NO3/c1-20-14-9-5-2-6-11(14)10-17-13-8-4-3-7-12(13)15(18)16(17)19/h2-3,5-7,9H,4,8,10H2,1H3. The monoisotopic (exact) mass is 269 g/mol. The van der Waals surface area contributed by atoms with E-state index in [2.05, 4.69) is 0 Å². The lowest BCUT2D eigenvalue weighted by molar-refractivity contribution is -0.139. The van der Waals surface area contributed by atoms with Crippen molar-refractivity contribution in [2.24, 2.45) is 0 Å². The van der Waals surface area contributed by atoms with Crippen LogP contribution in [0, 0.1) is 0 Å². The number of amides is 1. The van der Waals surface area contributed by atoms with Gasteiger partial charge < -0.3 is 9.64 Å². The number of ether oxygens (including phenoxy) is 1. The summed E-state index contributed by atoms with van der Waals surface area (Å²) < 4.78 is 5.30. The molecule has 3 rings (SSSR count). The summed E-state index contributed by atoms with van der Waals surface area (Å²) in [4.78, 5) is 25.7. The number of carbonyl (C=O) groups excluding carboxylic acids is 2. The van der Waals surface area contributed by atoms with Crippen molar-refractivity contribution in [2.45, 2.75) is 19.4 Å². The van der Waals surface area contributed by atoms with E-state index in [1.54, 1.807) is 18.1 Å². The van der Waals surface area contributed by atoms with E-state index in [1.165, 1.54) is 0 Å². The van der Waals surface area contributed by atoms with E-state index in [4.69, 9.17) is 4.74 Å². The zero-order chi connectivity index (χ0) is 14.1. The van der Waals surface area contributed by atoms with Crippen molar-refractivity contribution in [3.8, 4) is 5.75 Å². The van der Waals surface area contributed by atoms with E-state index in [1.807, 2.05) is 30.3 Å². The second-order valence-electron chi connectivity index (χ2n) is 4.83. The Kier molecular flexibility index (Phi) is 3.14. The van der Waals surface area contributed by atoms with E-state index in [-0.39, 0.29) is 0 Å². The van der Waals surface area contributed by atoms with Crippen LogP contribution in [0.15, 0.2) is 47.7 Å². The lowest BCUT2D eigenvalue weighted by Gasteiger charge is -2.21. The molecule has 4 nitrogen and oxygen atoms in total. The van der Waals surface area contributed by atoms with Gasteiger partial charge in [0.15, 0.2) is 0 Å². The fourth-order valence-corrected chi connectivity index (χ4v) is 2.67. The van der Waals surface area contributed by atoms with Gasteiger partial charge in [-0.2, -0.15) is 0 Å². The van der Waals surface area contributed by atoms with Gasteiger partial charge in [0, 0.05) is 16.8 Å². The molecule has 1 amide bonds. The summed E-state index contributed by atoms with van der Waals surface area (Å²) in [7, 11) is 1.60. The molecule has 1 aromatic carbocycles. The Morgan fingerprint density at radius 3 is 2.85 bits per heavy atom. The highest BCUT2D eigenvalue weighted by atomic mass is 16.5. The Bertz CT molecular complexity index is 643. The van der Waals surface area contributed by atoms with Crippen molar-refractivity contribution >= 4 is 11.7 Å². The molecule has 0 N–H and O–H groups in total. The van der Waals surface area contributed by atoms with Gasteiger partial charge in [-0.05, 0) is 18.9 Å². The van der Waals surface area contributed by atoms with Crippen LogP contribution in [-0.4, -0.2) is 23.7 Å². The summed E-state index contributed by atoms with van der Waals surface area (Å²) in [5.41, 5.74) is 2.30. The van der Waals surface area contributed by atoms with Crippen molar-refractivity contribution in [3.63, 3.8) is 0 Å². The summed E-state index contributed by atoms with van der Waals surface area (Å²) in [6, 6.07) is 7.55. The first-order chi connectivity index (χ1) is 9.72. The van der Waals surface area contributed by atoms with E-state index in [0.717, 1.165) is 29.9 Å². The lowest BCUT2D eigenvalue weighted by atomic mass is 10.0. The molecular formula is C16H15NO3. The van der Waals surface area contributed by atoms with E-state index in [9.17, 15) is 9.59 Å². The molecule has 1 aromatic rings. The Morgan fingerprint density at radius 2 is 2.05 bits per heavy atom. The summed E-state index contributed by atoms with van der Waals surface area (Å²) in [5.74, 6) is -0.105. The number of Topliss-reactive ketones (excluding diaryl/α,β-unsaturated/α-hetero) is 1. The summed E-state index contributed by atoms with van der Waals surface area (Å²) in [6.45, 7) is 0.376. The third-order valence-electron chi connectivity index (χ3n) is 3.67. The normalized spacial score (nSPS) is 17.8. The van der Waals surface area contributed by atoms with Crippen molar-refractivity contribution in [1.29, 1.82) is 0 Å². The minimum atomic E-state index is -0.438. The molecule has 1 aliphatic heterocycles. The first-order valence-electron chi connectivity index (χ1n) is 6.60. The van der Waals surface area contributed by atoms with Crippen LogP contribution in [0.1, 0.15) is 18.4 Å². The number of hydrogen-bond acceptors (Lipinski definition) is 3. The van der Waals surface area contributed by atoms with Gasteiger partial charge in [0.25, 0.3) is 11.7 Å². The predicted molar refractivity (Wildman–Crippen MR) is 74.0 cm³/mol. The summed E-state index contributed by atoms with van der Waals surface area (Å²) in [6.07, 6.45) is 5.30. The van der Waals surface area contributed by atoms with Crippen LogP contribution >= 0.6 is 0 Å². The average Bonchev–Trinajstić information content (AvgIpc) is 2.73. The maximum atomic E-state index is 12.1. The Hall–Kier alpha value is -2.36. The largest absolute Gasteiger partial charge is 0.496 e. The molecular weight excluding hydrogens is 254 g/mol. The summed E-state index contributed by atoms with van der Waals surface area (Å²) in [5, 5.41) is 0. The van der Waals surface area contributed by atoms with Crippen LogP contribution in [0.2, 0.25) is 0 Å². The minimum absolute atomic E-state index is 0.376. The van der Waals surface area contributed by atoms with Crippen LogP contribution in [0.3, 0.4) is 0 Å². The Balaban J connectivity index is 1.94. The number of allylic oxidation sites excluding steroid dienone is 3. The van der Waals surface area contributed by atoms with Crippen LogP contribution in [0.5, 0.6) is 5.75 Å². The van der Waals surface area contributed by atoms with Gasteiger partial charge in [0.2, 0.25) is 0 Å². The molecule has 0 unspecified atom stereocenters. The molecule has 1 aliphatic carbocycles.